The van der Waals surface area contributed by atoms with E-state index in [1.165, 1.54) is 6.92 Å². The second kappa shape index (κ2) is 7.75. The van der Waals surface area contributed by atoms with E-state index in [2.05, 4.69) is 10.3 Å². The third kappa shape index (κ3) is 3.58. The van der Waals surface area contributed by atoms with E-state index < -0.39 is 23.6 Å². The Kier molecular flexibility index (Phi) is 5.10. The van der Waals surface area contributed by atoms with E-state index in [0.717, 1.165) is 10.3 Å². The number of anilines is 1. The molecule has 1 fully saturated rings. The number of nitrogens with zero attached hydrogens (tertiary/aromatic N) is 3. The Morgan fingerprint density at radius 1 is 1.13 bits per heavy atom. The van der Waals surface area contributed by atoms with Crippen LogP contribution in [0.3, 0.4) is 0 Å². The number of hydrogen-bond donors (Lipinski definition) is 3. The van der Waals surface area contributed by atoms with Crippen LogP contribution in [0.25, 0.3) is 22.3 Å². The summed E-state index contributed by atoms with van der Waals surface area (Å²) in [6.07, 6.45) is -1.16. The Hall–Kier alpha value is -3.88. The number of carboxylic acid groups (broad SMARTS) is 2. The summed E-state index contributed by atoms with van der Waals surface area (Å²) in [6.45, 7) is 1.45. The van der Waals surface area contributed by atoms with Crippen molar-refractivity contribution in [2.24, 2.45) is 0 Å². The molecular weight excluding hydrogens is 400 g/mol. The van der Waals surface area contributed by atoms with Gasteiger partial charge >= 0.3 is 12.1 Å². The van der Waals surface area contributed by atoms with Crippen molar-refractivity contribution in [3.05, 3.63) is 48.5 Å². The zero-order valence-corrected chi connectivity index (χ0v) is 17.1. The molecule has 1 aromatic heterocycles. The highest BCUT2D eigenvalue weighted by Crippen LogP contribution is 2.34. The molecule has 0 bridgehead atoms. The van der Waals surface area contributed by atoms with Gasteiger partial charge in [-0.3, -0.25) is 4.90 Å². The Balaban J connectivity index is 1.76. The van der Waals surface area contributed by atoms with Crippen LogP contribution >= 0.6 is 0 Å². The molecule has 9 nitrogen and oxygen atoms in total. The number of fused-ring (bicyclic) bond motifs is 1. The first kappa shape index (κ1) is 20.4. The maximum absolute atomic E-state index is 11.8. The van der Waals surface area contributed by atoms with Gasteiger partial charge in [-0.15, -0.1) is 0 Å². The summed E-state index contributed by atoms with van der Waals surface area (Å²) in [7, 11) is 1.57. The molecule has 0 spiro atoms. The van der Waals surface area contributed by atoms with Gasteiger partial charge in [-0.25, -0.2) is 19.6 Å². The normalized spacial score (nSPS) is 20.6. The van der Waals surface area contributed by atoms with E-state index in [1.807, 2.05) is 48.5 Å². The van der Waals surface area contributed by atoms with E-state index in [4.69, 9.17) is 9.72 Å². The number of amides is 1. The van der Waals surface area contributed by atoms with Crippen molar-refractivity contribution >= 4 is 28.8 Å². The Morgan fingerprint density at radius 3 is 2.52 bits per heavy atom. The fraction of sp³-hybridized carbons (Fsp3) is 0.273. The van der Waals surface area contributed by atoms with Crippen molar-refractivity contribution in [2.75, 3.05) is 19.0 Å². The summed E-state index contributed by atoms with van der Waals surface area (Å²) in [6, 6.07) is 14.4. The van der Waals surface area contributed by atoms with Crippen LogP contribution in [-0.2, 0) is 4.79 Å². The summed E-state index contributed by atoms with van der Waals surface area (Å²) in [5.41, 5.74) is -0.0968. The third-order valence-corrected chi connectivity index (χ3v) is 5.63. The van der Waals surface area contributed by atoms with Crippen LogP contribution in [0.5, 0.6) is 5.75 Å². The van der Waals surface area contributed by atoms with Crippen molar-refractivity contribution in [3.8, 4) is 17.1 Å². The van der Waals surface area contributed by atoms with Crippen molar-refractivity contribution < 1.29 is 24.5 Å². The maximum atomic E-state index is 11.8. The first-order valence-electron chi connectivity index (χ1n) is 9.74. The molecule has 1 aliphatic rings. The lowest BCUT2D eigenvalue weighted by molar-refractivity contribution is -0.147. The minimum Gasteiger partial charge on any atom is -0.496 e. The van der Waals surface area contributed by atoms with Gasteiger partial charge in [0.2, 0.25) is 0 Å². The van der Waals surface area contributed by atoms with Gasteiger partial charge in [-0.05, 0) is 31.2 Å². The van der Waals surface area contributed by atoms with Crippen LogP contribution in [0.4, 0.5) is 10.6 Å². The number of methoxy groups -OCH3 is 1. The van der Waals surface area contributed by atoms with Gasteiger partial charge < -0.3 is 20.3 Å². The highest BCUT2D eigenvalue weighted by atomic mass is 16.5. The first-order chi connectivity index (χ1) is 14.8. The second-order valence-corrected chi connectivity index (χ2v) is 7.63. The number of aliphatic carboxylic acids is 1. The molecule has 9 heteroatoms. The van der Waals surface area contributed by atoms with Crippen LogP contribution in [0.15, 0.2) is 48.5 Å². The topological polar surface area (TPSA) is 125 Å². The summed E-state index contributed by atoms with van der Waals surface area (Å²) >= 11 is 0. The molecule has 1 saturated heterocycles. The number of hydrogen-bond acceptors (Lipinski definition) is 6. The Bertz CT molecular complexity index is 1170. The minimum atomic E-state index is -1.52. The van der Waals surface area contributed by atoms with Gasteiger partial charge in [0.25, 0.3) is 0 Å². The molecule has 1 aliphatic heterocycles. The Morgan fingerprint density at radius 2 is 1.84 bits per heavy atom. The average Bonchev–Trinajstić information content (AvgIpc) is 3.11. The summed E-state index contributed by atoms with van der Waals surface area (Å²) in [4.78, 5) is 33.7. The lowest BCUT2D eigenvalue weighted by Gasteiger charge is -2.27. The van der Waals surface area contributed by atoms with Gasteiger partial charge in [0.05, 0.1) is 18.2 Å². The van der Waals surface area contributed by atoms with Gasteiger partial charge in [0.15, 0.2) is 5.82 Å². The van der Waals surface area contributed by atoms with Gasteiger partial charge in [-0.2, -0.15) is 0 Å². The molecule has 1 amide bonds. The van der Waals surface area contributed by atoms with Crippen molar-refractivity contribution in [2.45, 2.75) is 24.9 Å². The van der Waals surface area contributed by atoms with Crippen LogP contribution in [0, 0.1) is 0 Å². The molecule has 0 aliphatic carbocycles. The molecule has 0 saturated carbocycles. The molecule has 3 aromatic rings. The van der Waals surface area contributed by atoms with Crippen molar-refractivity contribution in [3.63, 3.8) is 0 Å². The highest BCUT2D eigenvalue weighted by Gasteiger charge is 2.50. The Labute approximate surface area is 178 Å². The molecule has 4 rings (SSSR count). The number of carboxylic acids is 1. The van der Waals surface area contributed by atoms with Crippen molar-refractivity contribution in [1.29, 1.82) is 0 Å². The molecule has 31 heavy (non-hydrogen) atoms. The SMILES string of the molecule is COc1ccccc1-c1nc(NC2CN(C(=O)O)C(C)(C(=O)O)C2)c2ccccc2n1. The van der Waals surface area contributed by atoms with Crippen LogP contribution in [-0.4, -0.2) is 62.4 Å². The summed E-state index contributed by atoms with van der Waals surface area (Å²) < 4.78 is 5.44. The number of carbonyl (C=O) groups is 2. The predicted octanol–water partition coefficient (Wildman–Crippen LogP) is 3.31. The smallest absolute Gasteiger partial charge is 0.408 e. The molecule has 160 valence electrons. The van der Waals surface area contributed by atoms with E-state index in [1.54, 1.807) is 7.11 Å². The van der Waals surface area contributed by atoms with Gasteiger partial charge in [0, 0.05) is 24.4 Å². The predicted molar refractivity (Wildman–Crippen MR) is 114 cm³/mol. The molecule has 2 unspecified atom stereocenters. The molecule has 2 heterocycles. The minimum absolute atomic E-state index is 0.0282. The highest BCUT2D eigenvalue weighted by molar-refractivity contribution is 5.91. The van der Waals surface area contributed by atoms with Crippen LogP contribution in [0.2, 0.25) is 0 Å². The lowest BCUT2D eigenvalue weighted by atomic mass is 9.98. The van der Waals surface area contributed by atoms with Crippen LogP contribution < -0.4 is 10.1 Å². The fourth-order valence-electron chi connectivity index (χ4n) is 3.99. The lowest BCUT2D eigenvalue weighted by Crippen LogP contribution is -2.50. The number of ether oxygens (including phenoxy) is 1. The quantitative estimate of drug-likeness (QED) is 0.572. The van der Waals surface area contributed by atoms with Crippen LogP contribution in [0.1, 0.15) is 13.3 Å². The fourth-order valence-corrected chi connectivity index (χ4v) is 3.99. The first-order valence-corrected chi connectivity index (χ1v) is 9.74. The molecule has 0 radical (unpaired) electrons. The maximum Gasteiger partial charge on any atom is 0.408 e. The zero-order chi connectivity index (χ0) is 22.2. The second-order valence-electron chi connectivity index (χ2n) is 7.63. The van der Waals surface area contributed by atoms with Crippen molar-refractivity contribution in [1.82, 2.24) is 14.9 Å². The van der Waals surface area contributed by atoms with E-state index >= 15 is 0 Å². The number of aromatic nitrogens is 2. The number of likely N-dealkylation sites (tertiary alicyclic amines) is 1. The van der Waals surface area contributed by atoms with E-state index in [9.17, 15) is 19.8 Å². The van der Waals surface area contributed by atoms with E-state index in [0.29, 0.717) is 28.5 Å². The molecule has 2 aromatic carbocycles. The number of nitrogens with one attached hydrogen (secondary N) is 1. The molecular formula is C22H22N4O5. The molecule has 3 N–H and O–H groups in total. The molecule has 2 atom stereocenters. The number of rotatable bonds is 5. The summed E-state index contributed by atoms with van der Waals surface area (Å²) in [5, 5.41) is 23.1. The number of para-hydroxylation sites is 2. The largest absolute Gasteiger partial charge is 0.496 e. The monoisotopic (exact) mass is 422 g/mol. The van der Waals surface area contributed by atoms with Gasteiger partial charge in [-0.1, -0.05) is 24.3 Å². The standard InChI is InChI=1S/C22H22N4O5/c1-22(20(27)28)11-13(12-26(22)21(29)30)23-18-14-7-3-5-9-16(14)24-19(25-18)15-8-4-6-10-17(15)31-2/h3-10,13H,11-12H2,1-2H3,(H,27,28)(H,29,30)(H,23,24,25). The van der Waals surface area contributed by atoms with E-state index in [-0.39, 0.29) is 13.0 Å². The van der Waals surface area contributed by atoms with Gasteiger partial charge in [0.1, 0.15) is 17.1 Å². The third-order valence-electron chi connectivity index (χ3n) is 5.63. The average molecular weight is 422 g/mol. The number of benzene rings is 2. The zero-order valence-electron chi connectivity index (χ0n) is 17.1. The summed E-state index contributed by atoms with van der Waals surface area (Å²) in [5.74, 6) is 0.408.